The molecule has 1 N–H and O–H groups in total. The highest BCUT2D eigenvalue weighted by molar-refractivity contribution is 6.30. The van der Waals surface area contributed by atoms with Crippen LogP contribution in [0.3, 0.4) is 0 Å². The van der Waals surface area contributed by atoms with Crippen LogP contribution < -0.4 is 5.32 Å². The SMILES string of the molecule is Cc1c(NC2CCc3cc(Cl)ccc32)cnn1CC(F)(F)F. The molecule has 0 bridgehead atoms. The fourth-order valence-corrected chi connectivity index (χ4v) is 3.04. The third-order valence-electron chi connectivity index (χ3n) is 3.94. The number of hydrogen-bond acceptors (Lipinski definition) is 2. The first kappa shape index (κ1) is 15.2. The number of alkyl halides is 3. The van der Waals surface area contributed by atoms with Crippen molar-refractivity contribution >= 4 is 17.3 Å². The Bertz CT molecular complexity index is 694. The summed E-state index contributed by atoms with van der Waals surface area (Å²) in [5.74, 6) is 0. The smallest absolute Gasteiger partial charge is 0.375 e. The van der Waals surface area contributed by atoms with Crippen molar-refractivity contribution < 1.29 is 13.2 Å². The third kappa shape index (κ3) is 3.06. The van der Waals surface area contributed by atoms with Crippen molar-refractivity contribution in [3.63, 3.8) is 0 Å². The van der Waals surface area contributed by atoms with Crippen LogP contribution in [0.2, 0.25) is 5.02 Å². The van der Waals surface area contributed by atoms with Gasteiger partial charge in [0.1, 0.15) is 6.54 Å². The Balaban J connectivity index is 1.78. The molecule has 1 aromatic carbocycles. The summed E-state index contributed by atoms with van der Waals surface area (Å²) in [6, 6.07) is 5.82. The molecule has 0 saturated heterocycles. The molecular weight excluding hydrogens is 315 g/mol. The Hall–Kier alpha value is -1.69. The van der Waals surface area contributed by atoms with E-state index in [9.17, 15) is 13.2 Å². The molecule has 7 heteroatoms. The highest BCUT2D eigenvalue weighted by Crippen LogP contribution is 2.36. The number of aryl methyl sites for hydroxylation is 1. The van der Waals surface area contributed by atoms with Gasteiger partial charge in [0.2, 0.25) is 0 Å². The van der Waals surface area contributed by atoms with E-state index in [1.165, 1.54) is 11.8 Å². The number of aromatic nitrogens is 2. The predicted molar refractivity (Wildman–Crippen MR) is 79.2 cm³/mol. The minimum Gasteiger partial charge on any atom is -0.375 e. The van der Waals surface area contributed by atoms with Gasteiger partial charge >= 0.3 is 6.18 Å². The Morgan fingerprint density at radius 2 is 2.18 bits per heavy atom. The van der Waals surface area contributed by atoms with E-state index >= 15 is 0 Å². The number of nitrogens with one attached hydrogen (secondary N) is 1. The largest absolute Gasteiger partial charge is 0.408 e. The lowest BCUT2D eigenvalue weighted by atomic mass is 10.1. The Morgan fingerprint density at radius 1 is 1.41 bits per heavy atom. The molecule has 1 atom stereocenters. The number of nitrogens with zero attached hydrogens (tertiary/aromatic N) is 2. The normalized spacial score (nSPS) is 17.6. The molecule has 118 valence electrons. The van der Waals surface area contributed by atoms with E-state index in [0.717, 1.165) is 23.1 Å². The van der Waals surface area contributed by atoms with Crippen molar-refractivity contribution in [1.29, 1.82) is 0 Å². The summed E-state index contributed by atoms with van der Waals surface area (Å²) in [5.41, 5.74) is 3.45. The van der Waals surface area contributed by atoms with Crippen molar-refractivity contribution in [2.45, 2.75) is 38.5 Å². The van der Waals surface area contributed by atoms with Gasteiger partial charge in [-0.25, -0.2) is 0 Å². The average Bonchev–Trinajstić information content (AvgIpc) is 2.95. The van der Waals surface area contributed by atoms with E-state index in [-0.39, 0.29) is 6.04 Å². The van der Waals surface area contributed by atoms with Crippen molar-refractivity contribution in [2.24, 2.45) is 0 Å². The lowest BCUT2D eigenvalue weighted by molar-refractivity contribution is -0.142. The van der Waals surface area contributed by atoms with E-state index in [1.54, 1.807) is 6.92 Å². The van der Waals surface area contributed by atoms with Crippen LogP contribution in [0.4, 0.5) is 18.9 Å². The number of anilines is 1. The number of fused-ring (bicyclic) bond motifs is 1. The first-order chi connectivity index (χ1) is 10.3. The molecule has 1 heterocycles. The van der Waals surface area contributed by atoms with Gasteiger partial charge in [-0.05, 0) is 43.0 Å². The minimum absolute atomic E-state index is 0.0782. The summed E-state index contributed by atoms with van der Waals surface area (Å²) in [6.45, 7) is 0.566. The summed E-state index contributed by atoms with van der Waals surface area (Å²) in [5, 5.41) is 7.83. The van der Waals surface area contributed by atoms with E-state index in [0.29, 0.717) is 16.4 Å². The van der Waals surface area contributed by atoms with Crippen LogP contribution in [-0.4, -0.2) is 16.0 Å². The molecule has 2 aromatic rings. The summed E-state index contributed by atoms with van der Waals surface area (Å²) < 4.78 is 38.4. The van der Waals surface area contributed by atoms with Crippen LogP contribution in [0.25, 0.3) is 0 Å². The van der Waals surface area contributed by atoms with Gasteiger partial charge in [0, 0.05) is 5.02 Å². The fourth-order valence-electron chi connectivity index (χ4n) is 2.84. The molecule has 0 saturated carbocycles. The van der Waals surface area contributed by atoms with Gasteiger partial charge in [-0.1, -0.05) is 17.7 Å². The fraction of sp³-hybridized carbons (Fsp3) is 0.400. The molecule has 0 aliphatic heterocycles. The van der Waals surface area contributed by atoms with Gasteiger partial charge in [0.15, 0.2) is 0 Å². The first-order valence-corrected chi connectivity index (χ1v) is 7.35. The zero-order chi connectivity index (χ0) is 15.9. The average molecular weight is 330 g/mol. The van der Waals surface area contributed by atoms with Crippen LogP contribution in [0, 0.1) is 6.92 Å². The maximum atomic E-state index is 12.5. The van der Waals surface area contributed by atoms with Gasteiger partial charge in [-0.2, -0.15) is 18.3 Å². The third-order valence-corrected chi connectivity index (χ3v) is 4.18. The summed E-state index contributed by atoms with van der Waals surface area (Å²) >= 11 is 5.98. The zero-order valence-electron chi connectivity index (χ0n) is 11.9. The van der Waals surface area contributed by atoms with Gasteiger partial charge in [0.05, 0.1) is 23.6 Å². The monoisotopic (exact) mass is 329 g/mol. The maximum absolute atomic E-state index is 12.5. The second kappa shape index (κ2) is 5.50. The highest BCUT2D eigenvalue weighted by Gasteiger charge is 2.30. The second-order valence-electron chi connectivity index (χ2n) is 5.50. The topological polar surface area (TPSA) is 29.9 Å². The highest BCUT2D eigenvalue weighted by atomic mass is 35.5. The van der Waals surface area contributed by atoms with E-state index < -0.39 is 12.7 Å². The summed E-state index contributed by atoms with van der Waals surface area (Å²) in [6.07, 6.45) is -1.03. The van der Waals surface area contributed by atoms with Gasteiger partial charge in [-0.3, -0.25) is 4.68 Å². The van der Waals surface area contributed by atoms with E-state index in [1.807, 2.05) is 18.2 Å². The lowest BCUT2D eigenvalue weighted by Gasteiger charge is -2.15. The summed E-state index contributed by atoms with van der Waals surface area (Å²) in [7, 11) is 0. The van der Waals surface area contributed by atoms with Crippen molar-refractivity contribution in [1.82, 2.24) is 9.78 Å². The number of rotatable bonds is 3. The van der Waals surface area contributed by atoms with Gasteiger partial charge in [-0.15, -0.1) is 0 Å². The quantitative estimate of drug-likeness (QED) is 0.898. The molecule has 22 heavy (non-hydrogen) atoms. The van der Waals surface area contributed by atoms with Crippen LogP contribution in [0.5, 0.6) is 0 Å². The lowest BCUT2D eigenvalue weighted by Crippen LogP contribution is -2.19. The summed E-state index contributed by atoms with van der Waals surface area (Å²) in [4.78, 5) is 0. The Morgan fingerprint density at radius 3 is 2.91 bits per heavy atom. The number of benzene rings is 1. The molecule has 1 aromatic heterocycles. The number of hydrogen-bond donors (Lipinski definition) is 1. The molecule has 0 fully saturated rings. The van der Waals surface area contributed by atoms with Crippen LogP contribution in [0.1, 0.15) is 29.3 Å². The van der Waals surface area contributed by atoms with Crippen molar-refractivity contribution in [3.8, 4) is 0 Å². The first-order valence-electron chi connectivity index (χ1n) is 6.97. The maximum Gasteiger partial charge on any atom is 0.408 e. The Kier molecular flexibility index (Phi) is 3.80. The standard InChI is InChI=1S/C15H15ClF3N3/c1-9-14(7-20-22(9)8-15(17,18)19)21-13-5-2-10-6-11(16)3-4-12(10)13/h3-4,6-7,13,21H,2,5,8H2,1H3. The predicted octanol–water partition coefficient (Wildman–Crippen LogP) is 4.51. The van der Waals surface area contributed by atoms with Gasteiger partial charge in [0.25, 0.3) is 0 Å². The van der Waals surface area contributed by atoms with Crippen molar-refractivity contribution in [2.75, 3.05) is 5.32 Å². The molecular formula is C15H15ClF3N3. The van der Waals surface area contributed by atoms with Crippen molar-refractivity contribution in [3.05, 3.63) is 46.2 Å². The molecule has 0 spiro atoms. The molecule has 0 radical (unpaired) electrons. The number of halogens is 4. The molecule has 0 amide bonds. The van der Waals surface area contributed by atoms with E-state index in [4.69, 9.17) is 11.6 Å². The Labute approximate surface area is 131 Å². The molecule has 1 aliphatic carbocycles. The minimum atomic E-state index is -4.27. The van der Waals surface area contributed by atoms with Crippen LogP contribution in [-0.2, 0) is 13.0 Å². The zero-order valence-corrected chi connectivity index (χ0v) is 12.7. The van der Waals surface area contributed by atoms with Crippen LogP contribution in [0.15, 0.2) is 24.4 Å². The van der Waals surface area contributed by atoms with Crippen LogP contribution >= 0.6 is 11.6 Å². The second-order valence-corrected chi connectivity index (χ2v) is 5.93. The molecule has 1 unspecified atom stereocenters. The molecule has 1 aliphatic rings. The molecule has 3 rings (SSSR count). The van der Waals surface area contributed by atoms with Gasteiger partial charge < -0.3 is 5.32 Å². The molecule has 3 nitrogen and oxygen atoms in total. The van der Waals surface area contributed by atoms with E-state index in [2.05, 4.69) is 10.4 Å².